The van der Waals surface area contributed by atoms with Crippen molar-refractivity contribution < 1.29 is 27.1 Å². The highest BCUT2D eigenvalue weighted by Gasteiger charge is 2.31. The van der Waals surface area contributed by atoms with Gasteiger partial charge in [0.15, 0.2) is 12.0 Å². The van der Waals surface area contributed by atoms with E-state index in [1.54, 1.807) is 12.1 Å². The molecule has 3 aromatic carbocycles. The first-order valence-electron chi connectivity index (χ1n) is 9.04. The second-order valence-electron chi connectivity index (χ2n) is 6.52. The van der Waals surface area contributed by atoms with Gasteiger partial charge in [-0.1, -0.05) is 42.5 Å². The van der Waals surface area contributed by atoms with Crippen LogP contribution in [0.3, 0.4) is 0 Å². The van der Waals surface area contributed by atoms with Crippen LogP contribution in [0.25, 0.3) is 22.5 Å². The van der Waals surface area contributed by atoms with Crippen molar-refractivity contribution in [1.82, 2.24) is 0 Å². The van der Waals surface area contributed by atoms with E-state index >= 15 is 0 Å². The first kappa shape index (κ1) is 19.5. The molecule has 0 bridgehead atoms. The molecule has 0 radical (unpaired) electrons. The molecule has 0 spiro atoms. The van der Waals surface area contributed by atoms with Crippen molar-refractivity contribution in [2.75, 3.05) is 0 Å². The highest BCUT2D eigenvalue weighted by molar-refractivity contribution is 5.75. The molecule has 0 aliphatic rings. The van der Waals surface area contributed by atoms with Crippen molar-refractivity contribution in [2.45, 2.75) is 6.18 Å². The molecule has 150 valence electrons. The Morgan fingerprint density at radius 2 is 1.50 bits per heavy atom. The molecular formula is C24H15F3O3. The second kappa shape index (κ2) is 7.91. The molecule has 1 heterocycles. The summed E-state index contributed by atoms with van der Waals surface area (Å²) in [7, 11) is 0. The zero-order chi connectivity index (χ0) is 21.1. The molecule has 6 heteroatoms. The average molecular weight is 408 g/mol. The molecule has 30 heavy (non-hydrogen) atoms. The van der Waals surface area contributed by atoms with E-state index in [-0.39, 0.29) is 22.8 Å². The number of hydrogen-bond acceptors (Lipinski definition) is 3. The van der Waals surface area contributed by atoms with Gasteiger partial charge in [-0.2, -0.15) is 13.2 Å². The maximum atomic E-state index is 13.2. The van der Waals surface area contributed by atoms with E-state index < -0.39 is 11.7 Å². The molecule has 0 saturated carbocycles. The number of hydrogen-bond donors (Lipinski definition) is 0. The van der Waals surface area contributed by atoms with Crippen LogP contribution in [0, 0.1) is 0 Å². The van der Waals surface area contributed by atoms with Crippen molar-refractivity contribution in [3.05, 3.63) is 96.3 Å². The van der Waals surface area contributed by atoms with Gasteiger partial charge in [0, 0.05) is 0 Å². The van der Waals surface area contributed by atoms with Crippen LogP contribution in [0.4, 0.5) is 13.2 Å². The standard InChI is InChI=1S/C24H15F3O3/c25-24(26,27)18-8-12-22(21(14-18)23-13-11-20(15-28)30-23)29-19-9-6-17(7-10-19)16-4-2-1-3-5-16/h1-15H. The minimum Gasteiger partial charge on any atom is -0.457 e. The summed E-state index contributed by atoms with van der Waals surface area (Å²) >= 11 is 0. The van der Waals surface area contributed by atoms with E-state index in [2.05, 4.69) is 0 Å². The van der Waals surface area contributed by atoms with Gasteiger partial charge in [0.2, 0.25) is 0 Å². The number of aldehydes is 1. The van der Waals surface area contributed by atoms with Crippen LogP contribution in [-0.2, 0) is 6.18 Å². The van der Waals surface area contributed by atoms with Gasteiger partial charge in [-0.05, 0) is 53.6 Å². The third-order valence-corrected chi connectivity index (χ3v) is 4.50. The minimum absolute atomic E-state index is 0.0144. The SMILES string of the molecule is O=Cc1ccc(-c2cc(C(F)(F)F)ccc2Oc2ccc(-c3ccccc3)cc2)o1. The monoisotopic (exact) mass is 408 g/mol. The van der Waals surface area contributed by atoms with Crippen LogP contribution in [0.1, 0.15) is 16.1 Å². The van der Waals surface area contributed by atoms with E-state index in [1.807, 2.05) is 42.5 Å². The largest absolute Gasteiger partial charge is 0.457 e. The van der Waals surface area contributed by atoms with Crippen LogP contribution in [-0.4, -0.2) is 6.29 Å². The number of alkyl halides is 3. The van der Waals surface area contributed by atoms with E-state index in [0.717, 1.165) is 23.3 Å². The summed E-state index contributed by atoms with van der Waals surface area (Å²) in [6.45, 7) is 0. The first-order valence-corrected chi connectivity index (χ1v) is 9.04. The number of furan rings is 1. The molecule has 1 aromatic heterocycles. The number of halogens is 3. The van der Waals surface area contributed by atoms with E-state index in [9.17, 15) is 18.0 Å². The Bertz CT molecular complexity index is 1160. The van der Waals surface area contributed by atoms with Crippen molar-refractivity contribution in [2.24, 2.45) is 0 Å². The number of ether oxygens (including phenoxy) is 1. The van der Waals surface area contributed by atoms with Gasteiger partial charge in [-0.15, -0.1) is 0 Å². The summed E-state index contributed by atoms with van der Waals surface area (Å²) in [5.74, 6) is 0.764. The molecule has 0 fully saturated rings. The maximum Gasteiger partial charge on any atom is 0.416 e. The summed E-state index contributed by atoms with van der Waals surface area (Å²) in [6, 6.07) is 22.9. The first-order chi connectivity index (χ1) is 14.4. The van der Waals surface area contributed by atoms with Gasteiger partial charge in [0.25, 0.3) is 0 Å². The Hall–Kier alpha value is -3.80. The lowest BCUT2D eigenvalue weighted by Gasteiger charge is -2.13. The summed E-state index contributed by atoms with van der Waals surface area (Å²) in [4.78, 5) is 10.9. The summed E-state index contributed by atoms with van der Waals surface area (Å²) < 4.78 is 50.8. The summed E-state index contributed by atoms with van der Waals surface area (Å²) in [5, 5.41) is 0. The Morgan fingerprint density at radius 1 is 0.800 bits per heavy atom. The molecule has 0 saturated heterocycles. The number of rotatable bonds is 5. The van der Waals surface area contributed by atoms with E-state index in [4.69, 9.17) is 9.15 Å². The van der Waals surface area contributed by atoms with Crippen molar-refractivity contribution in [3.63, 3.8) is 0 Å². The quantitative estimate of drug-likeness (QED) is 0.327. The minimum atomic E-state index is -4.52. The second-order valence-corrected chi connectivity index (χ2v) is 6.52. The molecule has 0 atom stereocenters. The summed E-state index contributed by atoms with van der Waals surface area (Å²) in [5.41, 5.74) is 1.28. The Balaban J connectivity index is 1.68. The van der Waals surface area contributed by atoms with Crippen LogP contribution in [0.2, 0.25) is 0 Å². The Labute approximate surface area is 170 Å². The number of carbonyl (C=O) groups excluding carboxylic acids is 1. The molecule has 0 unspecified atom stereocenters. The number of carbonyl (C=O) groups is 1. The van der Waals surface area contributed by atoms with Gasteiger partial charge < -0.3 is 9.15 Å². The van der Waals surface area contributed by atoms with Crippen molar-refractivity contribution in [1.29, 1.82) is 0 Å². The Morgan fingerprint density at radius 3 is 2.13 bits per heavy atom. The number of benzene rings is 3. The molecule has 3 nitrogen and oxygen atoms in total. The van der Waals surface area contributed by atoms with Crippen molar-refractivity contribution in [3.8, 4) is 33.9 Å². The highest BCUT2D eigenvalue weighted by Crippen LogP contribution is 2.39. The fourth-order valence-electron chi connectivity index (χ4n) is 3.02. The van der Waals surface area contributed by atoms with Gasteiger partial charge in [-0.3, -0.25) is 4.79 Å². The smallest absolute Gasteiger partial charge is 0.416 e. The molecule has 0 aliphatic heterocycles. The van der Waals surface area contributed by atoms with Crippen LogP contribution in [0.15, 0.2) is 89.3 Å². The molecule has 0 N–H and O–H groups in total. The highest BCUT2D eigenvalue weighted by atomic mass is 19.4. The lowest BCUT2D eigenvalue weighted by atomic mass is 10.1. The lowest BCUT2D eigenvalue weighted by Crippen LogP contribution is -2.05. The van der Waals surface area contributed by atoms with Gasteiger partial charge in [0.05, 0.1) is 11.1 Å². The molecule has 0 aliphatic carbocycles. The van der Waals surface area contributed by atoms with Crippen LogP contribution < -0.4 is 4.74 Å². The molecule has 0 amide bonds. The maximum absolute atomic E-state index is 13.2. The average Bonchev–Trinajstić information content (AvgIpc) is 3.23. The Kier molecular flexibility index (Phi) is 5.14. The third-order valence-electron chi connectivity index (χ3n) is 4.50. The molecule has 4 rings (SSSR count). The van der Waals surface area contributed by atoms with Crippen LogP contribution in [0.5, 0.6) is 11.5 Å². The zero-order valence-corrected chi connectivity index (χ0v) is 15.5. The fourth-order valence-corrected chi connectivity index (χ4v) is 3.02. The predicted octanol–water partition coefficient (Wildman–Crippen LogP) is 7.24. The van der Waals surface area contributed by atoms with Gasteiger partial charge >= 0.3 is 6.18 Å². The van der Waals surface area contributed by atoms with Gasteiger partial charge in [-0.25, -0.2) is 0 Å². The van der Waals surface area contributed by atoms with E-state index in [0.29, 0.717) is 12.0 Å². The normalized spacial score (nSPS) is 11.3. The van der Waals surface area contributed by atoms with Crippen LogP contribution >= 0.6 is 0 Å². The van der Waals surface area contributed by atoms with Gasteiger partial charge in [0.1, 0.15) is 17.3 Å². The van der Waals surface area contributed by atoms with Crippen molar-refractivity contribution >= 4 is 6.29 Å². The zero-order valence-electron chi connectivity index (χ0n) is 15.5. The summed E-state index contributed by atoms with van der Waals surface area (Å²) in [6.07, 6.45) is -4.04. The topological polar surface area (TPSA) is 39.4 Å². The third kappa shape index (κ3) is 4.12. The molecular weight excluding hydrogens is 393 g/mol. The predicted molar refractivity (Wildman–Crippen MR) is 106 cm³/mol. The lowest BCUT2D eigenvalue weighted by molar-refractivity contribution is -0.137. The molecule has 4 aromatic rings. The fraction of sp³-hybridized carbons (Fsp3) is 0.0417. The van der Waals surface area contributed by atoms with E-state index in [1.165, 1.54) is 18.2 Å².